The lowest BCUT2D eigenvalue weighted by atomic mass is 10.0. The number of nitrogens with one attached hydrogen (secondary N) is 1. The molecule has 0 radical (unpaired) electrons. The van der Waals surface area contributed by atoms with Crippen LogP contribution in [0, 0.1) is 0 Å². The third-order valence-corrected chi connectivity index (χ3v) is 10.5. The molecule has 0 saturated heterocycles. The van der Waals surface area contributed by atoms with E-state index < -0.39 is 0 Å². The number of ether oxygens (including phenoxy) is 2. The van der Waals surface area contributed by atoms with E-state index in [1.807, 2.05) is 0 Å². The van der Waals surface area contributed by atoms with E-state index in [-0.39, 0.29) is 18.1 Å². The van der Waals surface area contributed by atoms with E-state index in [9.17, 15) is 4.79 Å². The highest BCUT2D eigenvalue weighted by Crippen LogP contribution is 2.15. The summed E-state index contributed by atoms with van der Waals surface area (Å²) in [5.74, 6) is 0.0719. The molecule has 1 amide bonds. The van der Waals surface area contributed by atoms with Gasteiger partial charge in [-0.05, 0) is 25.7 Å². The number of hydrogen-bond donors (Lipinski definition) is 3. The Hall–Kier alpha value is -0.690. The number of nitrogens with two attached hydrogens (primary N) is 2. The summed E-state index contributed by atoms with van der Waals surface area (Å²) in [6.45, 7) is 7.16. The van der Waals surface area contributed by atoms with Gasteiger partial charge in [-0.1, -0.05) is 213 Å². The fourth-order valence-corrected chi connectivity index (χ4v) is 7.05. The van der Waals surface area contributed by atoms with Crippen LogP contribution in [0.1, 0.15) is 245 Å². The van der Waals surface area contributed by atoms with E-state index in [0.717, 1.165) is 45.3 Å². The first-order chi connectivity index (χ1) is 25.1. The molecule has 0 unspecified atom stereocenters. The lowest BCUT2D eigenvalue weighted by molar-refractivity contribution is -0.123. The Kier molecular flexibility index (Phi) is 43.1. The molecule has 6 nitrogen and oxygen atoms in total. The lowest BCUT2D eigenvalue weighted by Crippen LogP contribution is -2.41. The van der Waals surface area contributed by atoms with E-state index >= 15 is 0 Å². The highest BCUT2D eigenvalue weighted by atomic mass is 16.5. The third-order valence-electron chi connectivity index (χ3n) is 10.5. The van der Waals surface area contributed by atoms with Crippen LogP contribution in [0.15, 0.2) is 0 Å². The maximum atomic E-state index is 12.6. The van der Waals surface area contributed by atoms with Crippen molar-refractivity contribution in [2.45, 2.75) is 257 Å². The standard InChI is InChI=1S/C45H93N3O3/c1-3-5-7-9-11-13-15-17-19-21-23-25-27-29-31-35-39-50-41-43(48-45(49)38-34-33-37-44(46)47)42-51-40-36-32-30-28-26-24-22-20-18-16-14-12-10-8-6-4-2/h43-44H,3-42,46-47H2,1-2H3,(H,48,49). The van der Waals surface area contributed by atoms with Crippen LogP contribution in [0.3, 0.4) is 0 Å². The molecule has 5 N–H and O–H groups in total. The lowest BCUT2D eigenvalue weighted by Gasteiger charge is -2.19. The summed E-state index contributed by atoms with van der Waals surface area (Å²) in [4.78, 5) is 12.6. The maximum Gasteiger partial charge on any atom is 0.220 e. The Morgan fingerprint density at radius 3 is 1.02 bits per heavy atom. The highest BCUT2D eigenvalue weighted by molar-refractivity contribution is 5.76. The van der Waals surface area contributed by atoms with Crippen LogP contribution in [0.25, 0.3) is 0 Å². The minimum atomic E-state index is -0.295. The summed E-state index contributed by atoms with van der Waals surface area (Å²) in [5, 5.41) is 3.17. The molecule has 0 aromatic carbocycles. The van der Waals surface area contributed by atoms with Crippen LogP contribution in [-0.2, 0) is 14.3 Å². The second kappa shape index (κ2) is 43.7. The van der Waals surface area contributed by atoms with Gasteiger partial charge in [-0.2, -0.15) is 0 Å². The number of amides is 1. The van der Waals surface area contributed by atoms with E-state index in [0.29, 0.717) is 19.6 Å². The predicted molar refractivity (Wildman–Crippen MR) is 223 cm³/mol. The third kappa shape index (κ3) is 43.6. The molecule has 51 heavy (non-hydrogen) atoms. The van der Waals surface area contributed by atoms with Crippen LogP contribution in [-0.4, -0.2) is 44.5 Å². The number of unbranched alkanes of at least 4 members (excludes halogenated alkanes) is 31. The largest absolute Gasteiger partial charge is 0.379 e. The van der Waals surface area contributed by atoms with E-state index in [1.165, 1.54) is 193 Å². The number of carbonyl (C=O) groups is 1. The molecule has 0 spiro atoms. The van der Waals surface area contributed by atoms with E-state index in [2.05, 4.69) is 19.2 Å². The molecule has 0 aromatic heterocycles. The first kappa shape index (κ1) is 50.3. The van der Waals surface area contributed by atoms with Crippen molar-refractivity contribution in [3.05, 3.63) is 0 Å². The van der Waals surface area contributed by atoms with Gasteiger partial charge in [0, 0.05) is 19.6 Å². The van der Waals surface area contributed by atoms with Crippen LogP contribution >= 0.6 is 0 Å². The fraction of sp³-hybridized carbons (Fsp3) is 0.978. The summed E-state index contributed by atoms with van der Waals surface area (Å²) in [6, 6.07) is -0.0867. The SMILES string of the molecule is CCCCCCCCCCCCCCCCCCOCC(COCCCCCCCCCCCCCCCCCC)NC(=O)CCCCC(N)N. The molecule has 0 saturated carbocycles. The molecule has 0 aliphatic rings. The van der Waals surface area contributed by atoms with Gasteiger partial charge >= 0.3 is 0 Å². The molecule has 0 heterocycles. The summed E-state index contributed by atoms with van der Waals surface area (Å²) in [6.07, 6.45) is 46.6. The smallest absolute Gasteiger partial charge is 0.220 e. The summed E-state index contributed by atoms with van der Waals surface area (Å²) in [7, 11) is 0. The monoisotopic (exact) mass is 724 g/mol. The second-order valence-electron chi connectivity index (χ2n) is 15.9. The first-order valence-electron chi connectivity index (χ1n) is 23.1. The molecule has 0 aromatic rings. The fourth-order valence-electron chi connectivity index (χ4n) is 7.05. The zero-order chi connectivity index (χ0) is 37.1. The Morgan fingerprint density at radius 2 is 0.725 bits per heavy atom. The van der Waals surface area contributed by atoms with E-state index in [4.69, 9.17) is 20.9 Å². The van der Waals surface area contributed by atoms with Gasteiger partial charge in [0.2, 0.25) is 5.91 Å². The Morgan fingerprint density at radius 1 is 0.431 bits per heavy atom. The molecule has 306 valence electrons. The van der Waals surface area contributed by atoms with Gasteiger partial charge in [-0.3, -0.25) is 4.79 Å². The van der Waals surface area contributed by atoms with Crippen molar-refractivity contribution in [3.63, 3.8) is 0 Å². The van der Waals surface area contributed by atoms with Gasteiger partial charge in [0.15, 0.2) is 0 Å². The van der Waals surface area contributed by atoms with E-state index in [1.54, 1.807) is 0 Å². The van der Waals surface area contributed by atoms with Gasteiger partial charge < -0.3 is 26.3 Å². The van der Waals surface area contributed by atoms with Crippen LogP contribution < -0.4 is 16.8 Å². The van der Waals surface area contributed by atoms with Crippen molar-refractivity contribution in [2.24, 2.45) is 11.5 Å². The zero-order valence-corrected chi connectivity index (χ0v) is 34.8. The maximum absolute atomic E-state index is 12.6. The Labute approximate surface area is 319 Å². The van der Waals surface area contributed by atoms with Crippen molar-refractivity contribution < 1.29 is 14.3 Å². The topological polar surface area (TPSA) is 99.6 Å². The minimum Gasteiger partial charge on any atom is -0.379 e. The molecule has 0 rings (SSSR count). The second-order valence-corrected chi connectivity index (χ2v) is 15.9. The van der Waals surface area contributed by atoms with Gasteiger partial charge in [-0.25, -0.2) is 0 Å². The quantitative estimate of drug-likeness (QED) is 0.0429. The summed E-state index contributed by atoms with van der Waals surface area (Å²) in [5.41, 5.74) is 11.3. The van der Waals surface area contributed by atoms with Gasteiger partial charge in [-0.15, -0.1) is 0 Å². The summed E-state index contributed by atoms with van der Waals surface area (Å²) < 4.78 is 12.1. The molecule has 0 fully saturated rings. The molecular formula is C45H93N3O3. The highest BCUT2D eigenvalue weighted by Gasteiger charge is 2.13. The predicted octanol–water partition coefficient (Wildman–Crippen LogP) is 12.8. The van der Waals surface area contributed by atoms with Crippen molar-refractivity contribution in [3.8, 4) is 0 Å². The van der Waals surface area contributed by atoms with Crippen molar-refractivity contribution >= 4 is 5.91 Å². The number of carbonyl (C=O) groups excluding carboxylic acids is 1. The first-order valence-corrected chi connectivity index (χ1v) is 23.1. The number of rotatable bonds is 44. The molecule has 0 atom stereocenters. The van der Waals surface area contributed by atoms with Crippen LogP contribution in [0.2, 0.25) is 0 Å². The van der Waals surface area contributed by atoms with Gasteiger partial charge in [0.1, 0.15) is 0 Å². The molecular weight excluding hydrogens is 631 g/mol. The molecule has 0 aliphatic carbocycles. The van der Waals surface area contributed by atoms with Crippen molar-refractivity contribution in [1.82, 2.24) is 5.32 Å². The van der Waals surface area contributed by atoms with Crippen molar-refractivity contribution in [2.75, 3.05) is 26.4 Å². The Bertz CT molecular complexity index is 623. The average Bonchev–Trinajstić information content (AvgIpc) is 3.12. The van der Waals surface area contributed by atoms with Crippen LogP contribution in [0.4, 0.5) is 0 Å². The van der Waals surface area contributed by atoms with Crippen molar-refractivity contribution in [1.29, 1.82) is 0 Å². The number of hydrogen-bond acceptors (Lipinski definition) is 5. The molecule has 6 heteroatoms. The normalized spacial score (nSPS) is 11.7. The average molecular weight is 724 g/mol. The molecule has 0 aliphatic heterocycles. The molecule has 0 bridgehead atoms. The van der Waals surface area contributed by atoms with Crippen LogP contribution in [0.5, 0.6) is 0 Å². The Balaban J connectivity index is 3.86. The summed E-state index contributed by atoms with van der Waals surface area (Å²) >= 11 is 0. The minimum absolute atomic E-state index is 0.0719. The zero-order valence-electron chi connectivity index (χ0n) is 34.8. The van der Waals surface area contributed by atoms with Gasteiger partial charge in [0.05, 0.1) is 25.4 Å². The van der Waals surface area contributed by atoms with Gasteiger partial charge in [0.25, 0.3) is 0 Å².